The molecular weight excluding hydrogens is 210 g/mol. The quantitative estimate of drug-likeness (QED) is 0.653. The zero-order valence-corrected chi connectivity index (χ0v) is 9.26. The van der Waals surface area contributed by atoms with Gasteiger partial charge in [0.15, 0.2) is 0 Å². The first-order valence-electron chi connectivity index (χ1n) is 5.75. The molecule has 82 valence electrons. The van der Waals surface area contributed by atoms with E-state index in [1.54, 1.807) is 6.26 Å². The molecule has 1 aromatic heterocycles. The molecule has 4 rings (SSSR count). The van der Waals surface area contributed by atoms with E-state index in [0.29, 0.717) is 0 Å². The van der Waals surface area contributed by atoms with Crippen molar-refractivity contribution in [2.45, 2.75) is 6.42 Å². The molecule has 0 radical (unpaired) electrons. The van der Waals surface area contributed by atoms with Gasteiger partial charge in [-0.15, -0.1) is 0 Å². The number of ether oxygens (including phenoxy) is 1. The van der Waals surface area contributed by atoms with Gasteiger partial charge in [-0.1, -0.05) is 12.2 Å². The van der Waals surface area contributed by atoms with Crippen molar-refractivity contribution in [2.75, 3.05) is 0 Å². The zero-order valence-electron chi connectivity index (χ0n) is 9.26. The topological polar surface area (TPSA) is 14.2 Å². The average molecular weight is 221 g/mol. The van der Waals surface area contributed by atoms with Crippen LogP contribution in [0.15, 0.2) is 54.2 Å². The maximum absolute atomic E-state index is 5.26. The van der Waals surface area contributed by atoms with Crippen LogP contribution in [0.25, 0.3) is 17.8 Å². The second kappa shape index (κ2) is 3.14. The molecule has 1 aliphatic carbocycles. The lowest BCUT2D eigenvalue weighted by Gasteiger charge is -2.17. The molecule has 0 spiro atoms. The van der Waals surface area contributed by atoms with Gasteiger partial charge in [0.2, 0.25) is 0 Å². The lowest BCUT2D eigenvalue weighted by atomic mass is 9.91. The summed E-state index contributed by atoms with van der Waals surface area (Å²) in [5, 5.41) is 0. The van der Waals surface area contributed by atoms with Crippen LogP contribution in [-0.2, 0) is 4.74 Å². The number of allylic oxidation sites excluding steroid dienone is 6. The van der Waals surface area contributed by atoms with Crippen molar-refractivity contribution in [3.8, 4) is 0 Å². The first-order chi connectivity index (χ1) is 8.43. The summed E-state index contributed by atoms with van der Waals surface area (Å²) < 4.78 is 7.44. The second-order valence-electron chi connectivity index (χ2n) is 4.35. The van der Waals surface area contributed by atoms with E-state index in [1.165, 1.54) is 22.4 Å². The maximum Gasteiger partial charge on any atom is 0.0980 e. The summed E-state index contributed by atoms with van der Waals surface area (Å²) in [5.41, 5.74) is 6.41. The van der Waals surface area contributed by atoms with Crippen LogP contribution in [-0.4, -0.2) is 4.57 Å². The Balaban J connectivity index is 2.10. The third kappa shape index (κ3) is 1.15. The second-order valence-corrected chi connectivity index (χ2v) is 4.35. The molecule has 2 aliphatic heterocycles. The van der Waals surface area contributed by atoms with Crippen molar-refractivity contribution in [3.63, 3.8) is 0 Å². The highest BCUT2D eigenvalue weighted by atomic mass is 16.5. The number of fused-ring (bicyclic) bond motifs is 1. The zero-order chi connectivity index (χ0) is 11.2. The Bertz CT molecular complexity index is 650. The third-order valence-corrected chi connectivity index (χ3v) is 3.41. The highest BCUT2D eigenvalue weighted by molar-refractivity contribution is 5.86. The highest BCUT2D eigenvalue weighted by Crippen LogP contribution is 2.38. The van der Waals surface area contributed by atoms with Gasteiger partial charge in [0.05, 0.1) is 18.2 Å². The van der Waals surface area contributed by atoms with E-state index >= 15 is 0 Å². The van der Waals surface area contributed by atoms with Gasteiger partial charge < -0.3 is 9.30 Å². The van der Waals surface area contributed by atoms with E-state index in [2.05, 4.69) is 47.3 Å². The van der Waals surface area contributed by atoms with E-state index in [-0.39, 0.29) is 0 Å². The van der Waals surface area contributed by atoms with Gasteiger partial charge in [-0.05, 0) is 41.3 Å². The molecule has 17 heavy (non-hydrogen) atoms. The van der Waals surface area contributed by atoms with Crippen molar-refractivity contribution in [2.24, 2.45) is 0 Å². The van der Waals surface area contributed by atoms with Crippen molar-refractivity contribution in [1.82, 2.24) is 4.57 Å². The van der Waals surface area contributed by atoms with Crippen LogP contribution in [0.5, 0.6) is 0 Å². The smallest absolute Gasteiger partial charge is 0.0980 e. The molecule has 0 atom stereocenters. The number of hydrogen-bond acceptors (Lipinski definition) is 1. The summed E-state index contributed by atoms with van der Waals surface area (Å²) in [7, 11) is 0. The molecule has 3 aliphatic rings. The number of aromatic nitrogens is 1. The third-order valence-electron chi connectivity index (χ3n) is 3.41. The monoisotopic (exact) mass is 221 g/mol. The molecule has 0 fully saturated rings. The predicted octanol–water partition coefficient (Wildman–Crippen LogP) is 3.57. The van der Waals surface area contributed by atoms with Crippen LogP contribution < -0.4 is 0 Å². The average Bonchev–Trinajstić information content (AvgIpc) is 2.72. The van der Waals surface area contributed by atoms with E-state index in [0.717, 1.165) is 12.0 Å². The first-order valence-corrected chi connectivity index (χ1v) is 5.75. The lowest BCUT2D eigenvalue weighted by molar-refractivity contribution is 0.395. The summed E-state index contributed by atoms with van der Waals surface area (Å²) >= 11 is 0. The molecule has 0 saturated heterocycles. The summed E-state index contributed by atoms with van der Waals surface area (Å²) in [4.78, 5) is 0. The van der Waals surface area contributed by atoms with E-state index in [1.807, 2.05) is 6.26 Å². The molecule has 0 unspecified atom stereocenters. The van der Waals surface area contributed by atoms with Crippen LogP contribution in [0.2, 0.25) is 0 Å². The van der Waals surface area contributed by atoms with Crippen molar-refractivity contribution >= 4 is 17.8 Å². The Morgan fingerprint density at radius 2 is 2.18 bits per heavy atom. The Kier molecular flexibility index (Phi) is 1.64. The van der Waals surface area contributed by atoms with Gasteiger partial charge in [0.25, 0.3) is 0 Å². The minimum atomic E-state index is 0.982. The first kappa shape index (κ1) is 8.88. The largest absolute Gasteiger partial charge is 0.472 e. The molecule has 0 N–H and O–H groups in total. The van der Waals surface area contributed by atoms with Crippen LogP contribution in [0.1, 0.15) is 17.7 Å². The lowest BCUT2D eigenvalue weighted by Crippen LogP contribution is -2.00. The predicted molar refractivity (Wildman–Crippen MR) is 68.6 cm³/mol. The normalized spacial score (nSPS) is 19.4. The minimum Gasteiger partial charge on any atom is -0.472 e. The van der Waals surface area contributed by atoms with Gasteiger partial charge >= 0.3 is 0 Å². The van der Waals surface area contributed by atoms with Crippen LogP contribution in [0, 0.1) is 0 Å². The Hall–Kier alpha value is -2.22. The van der Waals surface area contributed by atoms with E-state index in [9.17, 15) is 0 Å². The number of rotatable bonds is 0. The molecule has 2 nitrogen and oxygen atoms in total. The van der Waals surface area contributed by atoms with E-state index in [4.69, 9.17) is 4.74 Å². The van der Waals surface area contributed by atoms with Crippen molar-refractivity contribution < 1.29 is 4.74 Å². The molecule has 0 aromatic carbocycles. The molecule has 2 heteroatoms. The fourth-order valence-electron chi connectivity index (χ4n) is 2.63. The van der Waals surface area contributed by atoms with E-state index < -0.39 is 0 Å². The number of nitrogens with zero attached hydrogens (tertiary/aromatic N) is 1. The Morgan fingerprint density at radius 1 is 1.18 bits per heavy atom. The van der Waals surface area contributed by atoms with Gasteiger partial charge in [-0.3, -0.25) is 0 Å². The molecular formula is C15H11NO. The van der Waals surface area contributed by atoms with Crippen molar-refractivity contribution in [3.05, 3.63) is 65.4 Å². The molecule has 0 bridgehead atoms. The summed E-state index contributed by atoms with van der Waals surface area (Å²) in [6.45, 7) is 0. The molecule has 0 amide bonds. The van der Waals surface area contributed by atoms with Gasteiger partial charge in [0, 0.05) is 18.0 Å². The van der Waals surface area contributed by atoms with Crippen LogP contribution in [0.4, 0.5) is 0 Å². The summed E-state index contributed by atoms with van der Waals surface area (Å²) in [5.74, 6) is 0. The Labute approximate surface area is 99.5 Å². The molecule has 0 saturated carbocycles. The van der Waals surface area contributed by atoms with Gasteiger partial charge in [-0.2, -0.15) is 0 Å². The SMILES string of the molecule is C1=Cc2ccn3c2C(=C2C=COC=C2C=C3)C1. The van der Waals surface area contributed by atoms with Crippen molar-refractivity contribution in [1.29, 1.82) is 0 Å². The van der Waals surface area contributed by atoms with Gasteiger partial charge in [0.1, 0.15) is 0 Å². The van der Waals surface area contributed by atoms with Gasteiger partial charge in [-0.25, -0.2) is 0 Å². The Morgan fingerprint density at radius 3 is 3.18 bits per heavy atom. The molecule has 1 aromatic rings. The fourth-order valence-corrected chi connectivity index (χ4v) is 2.63. The molecule has 3 heterocycles. The maximum atomic E-state index is 5.26. The highest BCUT2D eigenvalue weighted by Gasteiger charge is 2.21. The number of hydrogen-bond donors (Lipinski definition) is 0. The summed E-state index contributed by atoms with van der Waals surface area (Å²) in [6.07, 6.45) is 17.3. The van der Waals surface area contributed by atoms with Crippen LogP contribution >= 0.6 is 0 Å². The minimum absolute atomic E-state index is 0.982. The summed E-state index contributed by atoms with van der Waals surface area (Å²) in [6, 6.07) is 2.16. The fraction of sp³-hybridized carbons (Fsp3) is 0.0667. The van der Waals surface area contributed by atoms with Crippen LogP contribution in [0.3, 0.4) is 0 Å². The standard InChI is InChI=1S/C15H11NO/c1-2-11-4-7-16-8-5-12-10-17-9-6-13(12)14(3-1)15(11)16/h1-2,4-10H,3H2.